The van der Waals surface area contributed by atoms with Crippen molar-refractivity contribution in [2.75, 3.05) is 0 Å². The summed E-state index contributed by atoms with van der Waals surface area (Å²) < 4.78 is 3.42. The summed E-state index contributed by atoms with van der Waals surface area (Å²) >= 11 is 7.91. The molecule has 1 N–H and O–H groups in total. The van der Waals surface area contributed by atoms with Gasteiger partial charge in [-0.15, -0.1) is 11.3 Å². The molecular formula is C27H22ClN3OS. The highest BCUT2D eigenvalue weighted by atomic mass is 35.5. The van der Waals surface area contributed by atoms with Crippen molar-refractivity contribution in [2.24, 2.45) is 0 Å². The minimum absolute atomic E-state index is 0.107. The molecule has 0 spiro atoms. The first kappa shape index (κ1) is 20.5. The number of carbonyl (C=O) groups is 1. The van der Waals surface area contributed by atoms with E-state index in [1.165, 1.54) is 15.0 Å². The second-order valence-electron chi connectivity index (χ2n) is 8.55. The summed E-state index contributed by atoms with van der Waals surface area (Å²) in [4.78, 5) is 18.6. The van der Waals surface area contributed by atoms with Crippen LogP contribution >= 0.6 is 22.9 Å². The third-order valence-corrected chi connectivity index (χ3v) is 7.49. The number of thiophene rings is 1. The number of fused-ring (bicyclic) bond motifs is 2. The Hall–Kier alpha value is -3.15. The first-order valence-electron chi connectivity index (χ1n) is 11.2. The summed E-state index contributed by atoms with van der Waals surface area (Å²) in [6.07, 6.45) is 5.40. The van der Waals surface area contributed by atoms with Gasteiger partial charge in [-0.25, -0.2) is 4.98 Å². The zero-order valence-corrected chi connectivity index (χ0v) is 19.5. The van der Waals surface area contributed by atoms with Crippen molar-refractivity contribution >= 4 is 44.6 Å². The largest absolute Gasteiger partial charge is 0.353 e. The molecule has 1 amide bonds. The Morgan fingerprint density at radius 3 is 2.64 bits per heavy atom. The molecule has 2 aromatic carbocycles. The number of hydrogen-bond donors (Lipinski definition) is 1. The average Bonchev–Trinajstić information content (AvgIpc) is 3.41. The highest BCUT2D eigenvalue weighted by molar-refractivity contribution is 7.22. The number of pyridine rings is 1. The molecule has 33 heavy (non-hydrogen) atoms. The lowest BCUT2D eigenvalue weighted by atomic mass is 10.1. The molecule has 0 bridgehead atoms. The van der Waals surface area contributed by atoms with E-state index in [1.807, 2.05) is 24.3 Å². The summed E-state index contributed by atoms with van der Waals surface area (Å²) in [5.74, 6) is 0.107. The van der Waals surface area contributed by atoms with Gasteiger partial charge in [0.05, 0.1) is 11.4 Å². The number of benzene rings is 2. The van der Waals surface area contributed by atoms with Crippen LogP contribution in [0.2, 0.25) is 5.02 Å². The van der Waals surface area contributed by atoms with E-state index in [1.54, 1.807) is 11.3 Å². The number of aromatic nitrogens is 2. The highest BCUT2D eigenvalue weighted by Crippen LogP contribution is 2.35. The molecule has 0 atom stereocenters. The van der Waals surface area contributed by atoms with Gasteiger partial charge >= 0.3 is 0 Å². The third-order valence-electron chi connectivity index (χ3n) is 6.08. The van der Waals surface area contributed by atoms with E-state index >= 15 is 0 Å². The number of hydrogen-bond acceptors (Lipinski definition) is 3. The standard InChI is InChI=1S/C27H22ClN3OS/c28-20-8-5-17(6-9-20)27-22(12-14-26(32)29-21-10-11-21)31-16-19(7-13-25(31)30-27)24-15-18-3-1-2-4-23(18)33-24/h1-9,13,15-16,21H,10-12,14H2,(H,29,32). The van der Waals surface area contributed by atoms with Crippen molar-refractivity contribution in [2.45, 2.75) is 31.7 Å². The van der Waals surface area contributed by atoms with E-state index in [-0.39, 0.29) is 5.91 Å². The molecule has 0 radical (unpaired) electrons. The van der Waals surface area contributed by atoms with Crippen molar-refractivity contribution in [1.82, 2.24) is 14.7 Å². The summed E-state index contributed by atoms with van der Waals surface area (Å²) in [6, 6.07) is 23.0. The molecule has 0 saturated heterocycles. The summed E-state index contributed by atoms with van der Waals surface area (Å²) in [6.45, 7) is 0. The van der Waals surface area contributed by atoms with E-state index in [4.69, 9.17) is 16.6 Å². The van der Waals surface area contributed by atoms with Crippen LogP contribution in [0.15, 0.2) is 72.9 Å². The van der Waals surface area contributed by atoms with Crippen molar-refractivity contribution in [3.8, 4) is 21.7 Å². The Labute approximate surface area is 200 Å². The number of nitrogens with one attached hydrogen (secondary N) is 1. The van der Waals surface area contributed by atoms with Crippen LogP contribution < -0.4 is 5.32 Å². The molecule has 3 aromatic heterocycles. The van der Waals surface area contributed by atoms with Crippen molar-refractivity contribution in [3.63, 3.8) is 0 Å². The Morgan fingerprint density at radius 1 is 1.06 bits per heavy atom. The molecule has 1 saturated carbocycles. The lowest BCUT2D eigenvalue weighted by Crippen LogP contribution is -2.25. The van der Waals surface area contributed by atoms with Gasteiger partial charge in [0.15, 0.2) is 0 Å². The third kappa shape index (κ3) is 4.14. The van der Waals surface area contributed by atoms with Gasteiger partial charge < -0.3 is 9.72 Å². The molecule has 5 aromatic rings. The van der Waals surface area contributed by atoms with Crippen LogP contribution in [0.4, 0.5) is 0 Å². The maximum absolute atomic E-state index is 12.4. The zero-order valence-electron chi connectivity index (χ0n) is 17.9. The molecule has 164 valence electrons. The van der Waals surface area contributed by atoms with E-state index in [9.17, 15) is 4.79 Å². The SMILES string of the molecule is O=C(CCc1c(-c2ccc(Cl)cc2)nc2ccc(-c3cc4ccccc4s3)cn12)NC1CC1. The second kappa shape index (κ2) is 8.32. The van der Waals surface area contributed by atoms with E-state index in [2.05, 4.69) is 58.4 Å². The molecular weight excluding hydrogens is 450 g/mol. The fraction of sp³-hybridized carbons (Fsp3) is 0.185. The molecule has 3 heterocycles. The number of halogens is 1. The normalized spacial score (nSPS) is 13.6. The monoisotopic (exact) mass is 471 g/mol. The van der Waals surface area contributed by atoms with Gasteiger partial charge in [-0.3, -0.25) is 4.79 Å². The first-order chi connectivity index (χ1) is 16.1. The summed E-state index contributed by atoms with van der Waals surface area (Å²) in [5, 5.41) is 5.05. The van der Waals surface area contributed by atoms with Crippen molar-refractivity contribution in [1.29, 1.82) is 0 Å². The van der Waals surface area contributed by atoms with Crippen LogP contribution in [0.3, 0.4) is 0 Å². The van der Waals surface area contributed by atoms with Gasteiger partial charge in [0.2, 0.25) is 5.91 Å². The number of amides is 1. The number of aryl methyl sites for hydroxylation is 1. The Balaban J connectivity index is 1.43. The van der Waals surface area contributed by atoms with E-state index in [0.29, 0.717) is 23.9 Å². The Morgan fingerprint density at radius 2 is 1.85 bits per heavy atom. The van der Waals surface area contributed by atoms with Crippen LogP contribution in [0.5, 0.6) is 0 Å². The predicted octanol–water partition coefficient (Wildman–Crippen LogP) is 6.75. The van der Waals surface area contributed by atoms with E-state index in [0.717, 1.165) is 41.0 Å². The Bertz CT molecular complexity index is 1450. The quantitative estimate of drug-likeness (QED) is 0.298. The van der Waals surface area contributed by atoms with Crippen LogP contribution in [0.25, 0.3) is 37.4 Å². The molecule has 1 fully saturated rings. The van der Waals surface area contributed by atoms with Gasteiger partial charge in [-0.05, 0) is 61.0 Å². The van der Waals surface area contributed by atoms with Crippen molar-refractivity contribution < 1.29 is 4.79 Å². The zero-order chi connectivity index (χ0) is 22.4. The minimum Gasteiger partial charge on any atom is -0.353 e. The minimum atomic E-state index is 0.107. The lowest BCUT2D eigenvalue weighted by Gasteiger charge is -2.08. The van der Waals surface area contributed by atoms with Crippen LogP contribution in [-0.2, 0) is 11.2 Å². The van der Waals surface area contributed by atoms with Gasteiger partial charge in [0.25, 0.3) is 0 Å². The molecule has 4 nitrogen and oxygen atoms in total. The van der Waals surface area contributed by atoms with Crippen LogP contribution in [0, 0.1) is 0 Å². The van der Waals surface area contributed by atoms with Gasteiger partial charge in [-0.1, -0.05) is 41.9 Å². The predicted molar refractivity (Wildman–Crippen MR) is 136 cm³/mol. The fourth-order valence-electron chi connectivity index (χ4n) is 4.20. The fourth-order valence-corrected chi connectivity index (χ4v) is 5.38. The topological polar surface area (TPSA) is 46.4 Å². The molecule has 1 aliphatic rings. The molecule has 6 heteroatoms. The molecule has 6 rings (SSSR count). The van der Waals surface area contributed by atoms with Crippen molar-refractivity contribution in [3.05, 3.63) is 83.6 Å². The maximum Gasteiger partial charge on any atom is 0.220 e. The smallest absolute Gasteiger partial charge is 0.220 e. The number of carbonyl (C=O) groups excluding carboxylic acids is 1. The molecule has 0 aliphatic heterocycles. The van der Waals surface area contributed by atoms with E-state index < -0.39 is 0 Å². The van der Waals surface area contributed by atoms with Gasteiger partial charge in [0, 0.05) is 44.4 Å². The number of rotatable bonds is 6. The molecule has 0 unspecified atom stereocenters. The van der Waals surface area contributed by atoms with Gasteiger partial charge in [-0.2, -0.15) is 0 Å². The number of imidazole rings is 1. The van der Waals surface area contributed by atoms with Crippen LogP contribution in [-0.4, -0.2) is 21.3 Å². The van der Waals surface area contributed by atoms with Crippen LogP contribution in [0.1, 0.15) is 25.0 Å². The average molecular weight is 472 g/mol. The lowest BCUT2D eigenvalue weighted by molar-refractivity contribution is -0.121. The summed E-state index contributed by atoms with van der Waals surface area (Å²) in [5.41, 5.74) is 4.97. The summed E-state index contributed by atoms with van der Waals surface area (Å²) in [7, 11) is 0. The Kier molecular flexibility index (Phi) is 5.16. The highest BCUT2D eigenvalue weighted by Gasteiger charge is 2.23. The number of nitrogens with zero attached hydrogens (tertiary/aromatic N) is 2. The molecule has 1 aliphatic carbocycles. The van der Waals surface area contributed by atoms with Gasteiger partial charge in [0.1, 0.15) is 5.65 Å². The maximum atomic E-state index is 12.4. The first-order valence-corrected chi connectivity index (χ1v) is 12.4. The second-order valence-corrected chi connectivity index (χ2v) is 10.1.